The zero-order valence-corrected chi connectivity index (χ0v) is 17.9. The van der Waals surface area contributed by atoms with E-state index in [1.165, 1.54) is 6.20 Å². The van der Waals surface area contributed by atoms with E-state index in [1.807, 2.05) is 47.0 Å². The normalized spacial score (nSPS) is 11.8. The van der Waals surface area contributed by atoms with Gasteiger partial charge in [0.2, 0.25) is 5.95 Å². The predicted octanol–water partition coefficient (Wildman–Crippen LogP) is 4.64. The van der Waals surface area contributed by atoms with Crippen LogP contribution < -0.4 is 10.6 Å². The molecule has 0 aliphatic carbocycles. The molecule has 162 valence electrons. The Labute approximate surface area is 190 Å². The van der Waals surface area contributed by atoms with E-state index in [2.05, 4.69) is 49.6 Å². The second-order valence-corrected chi connectivity index (χ2v) is 7.53. The maximum atomic E-state index is 12.5. The summed E-state index contributed by atoms with van der Waals surface area (Å²) in [5, 5.41) is 6.25. The molecule has 8 heteroatoms. The van der Waals surface area contributed by atoms with Crippen LogP contribution in [-0.4, -0.2) is 30.4 Å². The standard InChI is InChI=1S/C25H21N7O/c1-17(18-6-3-2-4-7-18)29-25-27-13-11-23(31-25)32-16-28-21-10-9-20(14-22(21)32)30-24(33)19-8-5-12-26-15-19/h2-17H,1H3,(H,30,33)(H,27,29,31)/t17-/m0/s1. The Bertz CT molecular complexity index is 1400. The topological polar surface area (TPSA) is 97.6 Å². The molecule has 0 aliphatic rings. The fraction of sp³-hybridized carbons (Fsp3) is 0.0800. The van der Waals surface area contributed by atoms with Gasteiger partial charge in [0, 0.05) is 24.3 Å². The molecular formula is C25H21N7O. The Morgan fingerprint density at radius 3 is 2.67 bits per heavy atom. The molecule has 1 atom stereocenters. The zero-order valence-electron chi connectivity index (χ0n) is 17.9. The van der Waals surface area contributed by atoms with Crippen molar-refractivity contribution in [3.63, 3.8) is 0 Å². The average Bonchev–Trinajstić information content (AvgIpc) is 3.28. The number of benzene rings is 2. The lowest BCUT2D eigenvalue weighted by atomic mass is 10.1. The Morgan fingerprint density at radius 1 is 0.970 bits per heavy atom. The van der Waals surface area contributed by atoms with Crippen molar-refractivity contribution < 1.29 is 4.79 Å². The van der Waals surface area contributed by atoms with Crippen LogP contribution in [0.2, 0.25) is 0 Å². The third kappa shape index (κ3) is 4.40. The molecule has 0 bridgehead atoms. The average molecular weight is 435 g/mol. The summed E-state index contributed by atoms with van der Waals surface area (Å²) < 4.78 is 1.87. The first-order valence-corrected chi connectivity index (χ1v) is 10.5. The van der Waals surface area contributed by atoms with Crippen LogP contribution in [0.15, 0.2) is 91.6 Å². The molecule has 0 saturated heterocycles. The number of carbonyl (C=O) groups is 1. The molecule has 2 N–H and O–H groups in total. The number of nitrogens with zero attached hydrogens (tertiary/aromatic N) is 5. The molecule has 0 saturated carbocycles. The van der Waals surface area contributed by atoms with Crippen molar-refractivity contribution in [1.82, 2.24) is 24.5 Å². The lowest BCUT2D eigenvalue weighted by molar-refractivity contribution is 0.102. The summed E-state index contributed by atoms with van der Waals surface area (Å²) in [6.07, 6.45) is 6.59. The van der Waals surface area contributed by atoms with Crippen LogP contribution in [0.25, 0.3) is 16.9 Å². The smallest absolute Gasteiger partial charge is 0.257 e. The molecule has 5 rings (SSSR count). The van der Waals surface area contributed by atoms with Gasteiger partial charge in [-0.25, -0.2) is 9.97 Å². The molecular weight excluding hydrogens is 414 g/mol. The van der Waals surface area contributed by atoms with E-state index in [0.717, 1.165) is 16.6 Å². The van der Waals surface area contributed by atoms with Gasteiger partial charge in [0.15, 0.2) is 0 Å². The number of carbonyl (C=O) groups excluding carboxylic acids is 1. The van der Waals surface area contributed by atoms with Gasteiger partial charge in [0.1, 0.15) is 12.1 Å². The molecule has 1 amide bonds. The van der Waals surface area contributed by atoms with Crippen LogP contribution in [0, 0.1) is 0 Å². The predicted molar refractivity (Wildman–Crippen MR) is 127 cm³/mol. The highest BCUT2D eigenvalue weighted by Crippen LogP contribution is 2.23. The van der Waals surface area contributed by atoms with Gasteiger partial charge in [-0.3, -0.25) is 14.3 Å². The largest absolute Gasteiger partial charge is 0.348 e. The highest BCUT2D eigenvalue weighted by Gasteiger charge is 2.12. The van der Waals surface area contributed by atoms with Gasteiger partial charge >= 0.3 is 0 Å². The number of aromatic nitrogens is 5. The second kappa shape index (κ2) is 8.88. The minimum atomic E-state index is -0.225. The molecule has 33 heavy (non-hydrogen) atoms. The summed E-state index contributed by atoms with van der Waals surface area (Å²) in [7, 11) is 0. The number of nitrogens with one attached hydrogen (secondary N) is 2. The van der Waals surface area contributed by atoms with Crippen LogP contribution in [0.3, 0.4) is 0 Å². The first kappa shape index (κ1) is 20.3. The van der Waals surface area contributed by atoms with E-state index in [-0.39, 0.29) is 11.9 Å². The SMILES string of the molecule is C[C@H](Nc1nccc(-n2cnc3ccc(NC(=O)c4cccnc4)cc32)n1)c1ccccc1. The lowest BCUT2D eigenvalue weighted by Gasteiger charge is -2.14. The third-order valence-electron chi connectivity index (χ3n) is 5.26. The van der Waals surface area contributed by atoms with E-state index in [9.17, 15) is 4.79 Å². The summed E-state index contributed by atoms with van der Waals surface area (Å²) in [6.45, 7) is 2.06. The highest BCUT2D eigenvalue weighted by molar-refractivity contribution is 6.04. The molecule has 0 aliphatic heterocycles. The van der Waals surface area contributed by atoms with Gasteiger partial charge in [-0.05, 0) is 48.9 Å². The Balaban J connectivity index is 1.41. The van der Waals surface area contributed by atoms with Crippen molar-refractivity contribution in [3.05, 3.63) is 103 Å². The van der Waals surface area contributed by atoms with Gasteiger partial charge in [-0.2, -0.15) is 4.98 Å². The van der Waals surface area contributed by atoms with Crippen LogP contribution in [-0.2, 0) is 0 Å². The van der Waals surface area contributed by atoms with Crippen molar-refractivity contribution in [2.24, 2.45) is 0 Å². The lowest BCUT2D eigenvalue weighted by Crippen LogP contribution is -2.12. The van der Waals surface area contributed by atoms with Gasteiger partial charge in [-0.1, -0.05) is 30.3 Å². The Kier molecular flexibility index (Phi) is 5.47. The summed E-state index contributed by atoms with van der Waals surface area (Å²) in [5.74, 6) is 0.967. The molecule has 0 spiro atoms. The second-order valence-electron chi connectivity index (χ2n) is 7.53. The molecule has 0 fully saturated rings. The molecule has 3 heterocycles. The fourth-order valence-corrected chi connectivity index (χ4v) is 3.54. The molecule has 5 aromatic rings. The molecule has 2 aromatic carbocycles. The van der Waals surface area contributed by atoms with Crippen molar-refractivity contribution in [2.75, 3.05) is 10.6 Å². The number of amides is 1. The van der Waals surface area contributed by atoms with Gasteiger partial charge in [0.25, 0.3) is 5.91 Å². The van der Waals surface area contributed by atoms with Crippen LogP contribution in [0.1, 0.15) is 28.9 Å². The summed E-state index contributed by atoms with van der Waals surface area (Å²) >= 11 is 0. The quantitative estimate of drug-likeness (QED) is 0.403. The molecule has 3 aromatic heterocycles. The molecule has 8 nitrogen and oxygen atoms in total. The first-order chi connectivity index (χ1) is 16.2. The van der Waals surface area contributed by atoms with Crippen molar-refractivity contribution in [1.29, 1.82) is 0 Å². The van der Waals surface area contributed by atoms with E-state index < -0.39 is 0 Å². The monoisotopic (exact) mass is 435 g/mol. The van der Waals surface area contributed by atoms with E-state index in [0.29, 0.717) is 23.0 Å². The van der Waals surface area contributed by atoms with Gasteiger partial charge in [-0.15, -0.1) is 0 Å². The number of pyridine rings is 1. The number of imidazole rings is 1. The van der Waals surface area contributed by atoms with Crippen LogP contribution in [0.5, 0.6) is 0 Å². The molecule has 0 radical (unpaired) electrons. The Hall–Kier alpha value is -4.59. The minimum absolute atomic E-state index is 0.0512. The summed E-state index contributed by atoms with van der Waals surface area (Å²) in [5.41, 5.74) is 3.90. The third-order valence-corrected chi connectivity index (χ3v) is 5.26. The maximum absolute atomic E-state index is 12.5. The van der Waals surface area contributed by atoms with Gasteiger partial charge < -0.3 is 10.6 Å². The number of fused-ring (bicyclic) bond motifs is 1. The first-order valence-electron chi connectivity index (χ1n) is 10.5. The maximum Gasteiger partial charge on any atom is 0.257 e. The minimum Gasteiger partial charge on any atom is -0.348 e. The number of rotatable bonds is 6. The van der Waals surface area contributed by atoms with E-state index in [4.69, 9.17) is 0 Å². The van der Waals surface area contributed by atoms with Gasteiger partial charge in [0.05, 0.1) is 22.6 Å². The summed E-state index contributed by atoms with van der Waals surface area (Å²) in [6, 6.07) is 21.0. The van der Waals surface area contributed by atoms with Crippen molar-refractivity contribution in [2.45, 2.75) is 13.0 Å². The number of hydrogen-bond acceptors (Lipinski definition) is 6. The highest BCUT2D eigenvalue weighted by atomic mass is 16.1. The van der Waals surface area contributed by atoms with E-state index >= 15 is 0 Å². The van der Waals surface area contributed by atoms with Crippen LogP contribution in [0.4, 0.5) is 11.6 Å². The molecule has 0 unspecified atom stereocenters. The summed E-state index contributed by atoms with van der Waals surface area (Å²) in [4.78, 5) is 30.0. The zero-order chi connectivity index (χ0) is 22.6. The number of hydrogen-bond donors (Lipinski definition) is 2. The van der Waals surface area contributed by atoms with Crippen LogP contribution >= 0.6 is 0 Å². The van der Waals surface area contributed by atoms with Crippen molar-refractivity contribution in [3.8, 4) is 5.82 Å². The Morgan fingerprint density at radius 2 is 1.85 bits per heavy atom. The number of anilines is 2. The van der Waals surface area contributed by atoms with Crippen molar-refractivity contribution >= 4 is 28.6 Å². The van der Waals surface area contributed by atoms with E-state index in [1.54, 1.807) is 30.9 Å². The fourth-order valence-electron chi connectivity index (χ4n) is 3.54.